The molecule has 0 radical (unpaired) electrons. The largest absolute Gasteiger partial charge is 0.478 e. The molecule has 4 N–H and O–H groups in total. The van der Waals surface area contributed by atoms with E-state index in [2.05, 4.69) is 5.32 Å². The van der Waals surface area contributed by atoms with Crippen LogP contribution < -0.4 is 11.1 Å². The number of hydrogen-bond acceptors (Lipinski definition) is 3. The maximum Gasteiger partial charge on any atom is 0.333 e. The summed E-state index contributed by atoms with van der Waals surface area (Å²) in [4.78, 5) is 21.2. The molecule has 0 saturated carbocycles. The Morgan fingerprint density at radius 2 is 2.33 bits per heavy atom. The quantitative estimate of drug-likeness (QED) is 0.449. The maximum atomic E-state index is 10.8. The fraction of sp³-hybridized carbons (Fsp3) is 0.429. The molecule has 0 aromatic rings. The Kier molecular flexibility index (Phi) is 2.14. The first kappa shape index (κ1) is 8.73. The van der Waals surface area contributed by atoms with Gasteiger partial charge in [0.05, 0.1) is 11.6 Å². The minimum Gasteiger partial charge on any atom is -0.478 e. The molecule has 1 saturated heterocycles. The van der Waals surface area contributed by atoms with Gasteiger partial charge in [-0.25, -0.2) is 4.79 Å². The number of hydrogen-bond donors (Lipinski definition) is 3. The lowest BCUT2D eigenvalue weighted by molar-refractivity contribution is -0.132. The molecule has 1 fully saturated rings. The molecular weight excluding hydrogens is 160 g/mol. The number of nitrogens with two attached hydrogens (primary N) is 1. The molecule has 1 unspecified atom stereocenters. The molecule has 0 spiro atoms. The second kappa shape index (κ2) is 2.94. The van der Waals surface area contributed by atoms with Gasteiger partial charge in [-0.15, -0.1) is 0 Å². The van der Waals surface area contributed by atoms with Gasteiger partial charge in [0.1, 0.15) is 0 Å². The van der Waals surface area contributed by atoms with Crippen molar-refractivity contribution in [2.75, 3.05) is 0 Å². The van der Waals surface area contributed by atoms with Crippen molar-refractivity contribution in [3.8, 4) is 0 Å². The van der Waals surface area contributed by atoms with Crippen LogP contribution in [0.4, 0.5) is 0 Å². The molecule has 5 heteroatoms. The number of carbonyl (C=O) groups is 2. The first-order valence-corrected chi connectivity index (χ1v) is 3.52. The van der Waals surface area contributed by atoms with Crippen LogP contribution in [0.15, 0.2) is 11.3 Å². The fourth-order valence-corrected chi connectivity index (χ4v) is 1.08. The third-order valence-electron chi connectivity index (χ3n) is 1.77. The second-order valence-electron chi connectivity index (χ2n) is 2.70. The fourth-order valence-electron chi connectivity index (χ4n) is 1.08. The van der Waals surface area contributed by atoms with Gasteiger partial charge >= 0.3 is 5.97 Å². The highest BCUT2D eigenvalue weighted by Crippen LogP contribution is 2.13. The van der Waals surface area contributed by atoms with Crippen molar-refractivity contribution in [1.82, 2.24) is 5.32 Å². The minimum absolute atomic E-state index is 0.105. The van der Waals surface area contributed by atoms with Crippen LogP contribution in [0, 0.1) is 0 Å². The van der Waals surface area contributed by atoms with E-state index in [1.807, 2.05) is 0 Å². The Labute approximate surface area is 69.2 Å². The van der Waals surface area contributed by atoms with E-state index in [1.165, 1.54) is 6.92 Å². The molecular formula is C7H10N2O3. The molecule has 0 aromatic carbocycles. The van der Waals surface area contributed by atoms with Gasteiger partial charge in [0, 0.05) is 12.1 Å². The normalized spacial score (nSPS) is 26.8. The SMILES string of the molecule is CC(C(=O)O)=C1NC(=O)CC1N. The van der Waals surface area contributed by atoms with Gasteiger partial charge in [-0.05, 0) is 6.92 Å². The predicted molar refractivity (Wildman–Crippen MR) is 41.1 cm³/mol. The monoisotopic (exact) mass is 170 g/mol. The lowest BCUT2D eigenvalue weighted by Crippen LogP contribution is -2.24. The Morgan fingerprint density at radius 1 is 1.75 bits per heavy atom. The summed E-state index contributed by atoms with van der Waals surface area (Å²) in [6.07, 6.45) is 0.167. The van der Waals surface area contributed by atoms with Gasteiger partial charge in [-0.3, -0.25) is 4.79 Å². The Balaban J connectivity index is 2.95. The molecule has 1 atom stereocenters. The highest BCUT2D eigenvalue weighted by atomic mass is 16.4. The molecule has 12 heavy (non-hydrogen) atoms. The van der Waals surface area contributed by atoms with Gasteiger partial charge in [0.2, 0.25) is 5.91 Å². The zero-order chi connectivity index (χ0) is 9.30. The molecule has 0 bridgehead atoms. The van der Waals surface area contributed by atoms with Crippen molar-refractivity contribution in [3.05, 3.63) is 11.3 Å². The zero-order valence-corrected chi connectivity index (χ0v) is 6.63. The van der Waals surface area contributed by atoms with Crippen molar-refractivity contribution >= 4 is 11.9 Å². The van der Waals surface area contributed by atoms with Crippen LogP contribution in [0.2, 0.25) is 0 Å². The van der Waals surface area contributed by atoms with E-state index >= 15 is 0 Å². The van der Waals surface area contributed by atoms with E-state index < -0.39 is 12.0 Å². The zero-order valence-electron chi connectivity index (χ0n) is 6.63. The van der Waals surface area contributed by atoms with Gasteiger partial charge in [0.25, 0.3) is 0 Å². The number of carboxylic acid groups (broad SMARTS) is 1. The summed E-state index contributed by atoms with van der Waals surface area (Å²) in [7, 11) is 0. The van der Waals surface area contributed by atoms with Crippen LogP contribution in [0.25, 0.3) is 0 Å². The van der Waals surface area contributed by atoms with Crippen molar-refractivity contribution in [2.45, 2.75) is 19.4 Å². The Morgan fingerprint density at radius 3 is 2.67 bits per heavy atom. The number of rotatable bonds is 1. The minimum atomic E-state index is -1.05. The number of nitrogens with one attached hydrogen (secondary N) is 1. The first-order chi connectivity index (χ1) is 5.52. The number of carbonyl (C=O) groups excluding carboxylic acids is 1. The average molecular weight is 170 g/mol. The molecule has 1 rings (SSSR count). The molecule has 5 nitrogen and oxygen atoms in total. The van der Waals surface area contributed by atoms with Gasteiger partial charge < -0.3 is 16.2 Å². The van der Waals surface area contributed by atoms with E-state index in [-0.39, 0.29) is 17.9 Å². The lowest BCUT2D eigenvalue weighted by atomic mass is 10.1. The standard InChI is InChI=1S/C7H10N2O3/c1-3(7(11)12)6-4(8)2-5(10)9-6/h4H,2,8H2,1H3,(H,9,10)(H,11,12). The highest BCUT2D eigenvalue weighted by molar-refractivity contribution is 5.91. The van der Waals surface area contributed by atoms with E-state index in [1.54, 1.807) is 0 Å². The number of amides is 1. The Bertz CT molecular complexity index is 270. The van der Waals surface area contributed by atoms with Crippen LogP contribution in [0.3, 0.4) is 0 Å². The van der Waals surface area contributed by atoms with Crippen LogP contribution >= 0.6 is 0 Å². The summed E-state index contributed by atoms with van der Waals surface area (Å²) >= 11 is 0. The summed E-state index contributed by atoms with van der Waals surface area (Å²) in [5, 5.41) is 11.0. The third kappa shape index (κ3) is 1.45. The molecule has 66 valence electrons. The first-order valence-electron chi connectivity index (χ1n) is 3.52. The summed E-state index contributed by atoms with van der Waals surface area (Å²) in [6, 6.07) is -0.492. The second-order valence-corrected chi connectivity index (χ2v) is 2.70. The average Bonchev–Trinajstić information content (AvgIpc) is 2.28. The highest BCUT2D eigenvalue weighted by Gasteiger charge is 2.26. The smallest absolute Gasteiger partial charge is 0.333 e. The number of aliphatic carboxylic acids is 1. The van der Waals surface area contributed by atoms with Gasteiger partial charge in [0.15, 0.2) is 0 Å². The summed E-state index contributed by atoms with van der Waals surface area (Å²) in [5.74, 6) is -1.28. The van der Waals surface area contributed by atoms with E-state index in [0.717, 1.165) is 0 Å². The van der Waals surface area contributed by atoms with E-state index in [0.29, 0.717) is 5.70 Å². The number of carboxylic acids is 1. The van der Waals surface area contributed by atoms with E-state index in [4.69, 9.17) is 10.8 Å². The maximum absolute atomic E-state index is 10.8. The summed E-state index contributed by atoms with van der Waals surface area (Å²) in [6.45, 7) is 1.42. The molecule has 1 aliphatic rings. The Hall–Kier alpha value is -1.36. The van der Waals surface area contributed by atoms with Crippen molar-refractivity contribution in [1.29, 1.82) is 0 Å². The summed E-state index contributed by atoms with van der Waals surface area (Å²) < 4.78 is 0. The van der Waals surface area contributed by atoms with Crippen LogP contribution in [-0.2, 0) is 9.59 Å². The van der Waals surface area contributed by atoms with Crippen molar-refractivity contribution in [3.63, 3.8) is 0 Å². The molecule has 1 heterocycles. The van der Waals surface area contributed by atoms with Crippen LogP contribution in [0.1, 0.15) is 13.3 Å². The summed E-state index contributed by atoms with van der Waals surface area (Å²) in [5.41, 5.74) is 5.93. The predicted octanol–water partition coefficient (Wildman–Crippen LogP) is -0.808. The van der Waals surface area contributed by atoms with Gasteiger partial charge in [-0.2, -0.15) is 0 Å². The molecule has 1 aliphatic heterocycles. The molecule has 0 aromatic heterocycles. The topological polar surface area (TPSA) is 92.4 Å². The van der Waals surface area contributed by atoms with Crippen LogP contribution in [0.5, 0.6) is 0 Å². The molecule has 1 amide bonds. The van der Waals surface area contributed by atoms with Gasteiger partial charge in [-0.1, -0.05) is 0 Å². The molecule has 0 aliphatic carbocycles. The third-order valence-corrected chi connectivity index (χ3v) is 1.77. The lowest BCUT2D eigenvalue weighted by Gasteiger charge is -2.05. The van der Waals surface area contributed by atoms with Crippen molar-refractivity contribution in [2.24, 2.45) is 5.73 Å². The van der Waals surface area contributed by atoms with Crippen LogP contribution in [-0.4, -0.2) is 23.0 Å². The van der Waals surface area contributed by atoms with Crippen molar-refractivity contribution < 1.29 is 14.7 Å². The van der Waals surface area contributed by atoms with E-state index in [9.17, 15) is 9.59 Å².